The molecule has 0 unspecified atom stereocenters. The van der Waals surface area contributed by atoms with E-state index in [1.54, 1.807) is 0 Å². The Labute approximate surface area is 188 Å². The molecule has 2 aromatic rings. The quantitative estimate of drug-likeness (QED) is 0.383. The molecule has 0 amide bonds. The maximum atomic E-state index is 6.07. The number of likely N-dealkylation sites (tertiary alicyclic amines) is 1. The molecule has 3 heteroatoms. The van der Waals surface area contributed by atoms with Crippen LogP contribution in [0.2, 0.25) is 0 Å². The van der Waals surface area contributed by atoms with E-state index in [-0.39, 0.29) is 0 Å². The molecule has 3 rings (SSSR count). The number of rotatable bonds is 10. The smallest absolute Gasteiger partial charge is 0.125 e. The van der Waals surface area contributed by atoms with Gasteiger partial charge in [-0.3, -0.25) is 4.90 Å². The average Bonchev–Trinajstić information content (AvgIpc) is 2.81. The first kappa shape index (κ1) is 23.5. The van der Waals surface area contributed by atoms with Crippen LogP contribution in [-0.2, 0) is 22.5 Å². The highest BCUT2D eigenvalue weighted by Gasteiger charge is 2.21. The van der Waals surface area contributed by atoms with Crippen LogP contribution in [0.25, 0.3) is 0 Å². The average molecular weight is 420 g/mol. The zero-order valence-corrected chi connectivity index (χ0v) is 19.2. The molecule has 1 fully saturated rings. The predicted octanol–water partition coefficient (Wildman–Crippen LogP) is 5.35. The van der Waals surface area contributed by atoms with E-state index in [4.69, 9.17) is 9.47 Å². The molecule has 166 valence electrons. The lowest BCUT2D eigenvalue weighted by atomic mass is 9.90. The van der Waals surface area contributed by atoms with E-state index in [2.05, 4.69) is 73.1 Å². The van der Waals surface area contributed by atoms with Crippen molar-refractivity contribution in [1.29, 1.82) is 0 Å². The van der Waals surface area contributed by atoms with Gasteiger partial charge >= 0.3 is 0 Å². The van der Waals surface area contributed by atoms with Crippen LogP contribution < -0.4 is 0 Å². The minimum atomic E-state index is -0.401. The zero-order valence-electron chi connectivity index (χ0n) is 19.2. The van der Waals surface area contributed by atoms with Gasteiger partial charge < -0.3 is 9.47 Å². The van der Waals surface area contributed by atoms with Gasteiger partial charge in [-0.05, 0) is 62.7 Å². The van der Waals surface area contributed by atoms with Crippen LogP contribution in [0.4, 0.5) is 0 Å². The fraction of sp³-hybridized carbons (Fsp3) is 0.500. The monoisotopic (exact) mass is 419 g/mol. The number of ether oxygens (including phenoxy) is 2. The molecule has 3 nitrogen and oxygen atoms in total. The second kappa shape index (κ2) is 12.7. The van der Waals surface area contributed by atoms with E-state index in [0.29, 0.717) is 19.8 Å². The maximum Gasteiger partial charge on any atom is 0.125 e. The molecule has 0 aromatic heterocycles. The number of benzene rings is 2. The fourth-order valence-electron chi connectivity index (χ4n) is 3.95. The maximum absolute atomic E-state index is 6.07. The summed E-state index contributed by atoms with van der Waals surface area (Å²) < 4.78 is 11.8. The Morgan fingerprint density at radius 1 is 0.935 bits per heavy atom. The van der Waals surface area contributed by atoms with Gasteiger partial charge in [-0.1, -0.05) is 79.4 Å². The molecular weight excluding hydrogens is 382 g/mol. The Kier molecular flexibility index (Phi) is 9.62. The number of hydrogen-bond donors (Lipinski definition) is 0. The van der Waals surface area contributed by atoms with E-state index >= 15 is 0 Å². The van der Waals surface area contributed by atoms with Crippen molar-refractivity contribution in [2.75, 3.05) is 32.8 Å². The van der Waals surface area contributed by atoms with Gasteiger partial charge in [-0.25, -0.2) is 0 Å². The second-order valence-electron chi connectivity index (χ2n) is 8.68. The summed E-state index contributed by atoms with van der Waals surface area (Å²) in [6.45, 7) is 9.11. The van der Waals surface area contributed by atoms with Crippen molar-refractivity contribution >= 4 is 0 Å². The molecule has 0 radical (unpaired) electrons. The molecule has 2 aromatic carbocycles. The zero-order chi connectivity index (χ0) is 21.8. The fourth-order valence-corrected chi connectivity index (χ4v) is 3.95. The third kappa shape index (κ3) is 8.50. The standard InChI is InChI=1S/C28H37NO2/c1-3-28(2,31-22-21-30-24-27-13-8-5-9-14-27)17-10-18-29-19-15-26(16-20-29)23-25-11-6-4-7-12-25/h4-9,11-14,26H,3,15-16,18-24H2,1-2H3/t28-/m0/s1. The van der Waals surface area contributed by atoms with Gasteiger partial charge in [-0.15, -0.1) is 0 Å². The lowest BCUT2D eigenvalue weighted by Crippen LogP contribution is -2.35. The highest BCUT2D eigenvalue weighted by molar-refractivity contribution is 5.16. The van der Waals surface area contributed by atoms with E-state index in [0.717, 1.165) is 32.0 Å². The second-order valence-corrected chi connectivity index (χ2v) is 8.68. The summed E-state index contributed by atoms with van der Waals surface area (Å²) >= 11 is 0. The minimum Gasteiger partial charge on any atom is -0.374 e. The Balaban J connectivity index is 1.33. The SMILES string of the molecule is CC[C@@](C)(C#CCN1CCC(Cc2ccccc2)CC1)OCCOCc1ccccc1. The van der Waals surface area contributed by atoms with Crippen molar-refractivity contribution in [3.8, 4) is 11.8 Å². The van der Waals surface area contributed by atoms with Gasteiger partial charge in [0.1, 0.15) is 5.60 Å². The first-order valence-corrected chi connectivity index (χ1v) is 11.7. The largest absolute Gasteiger partial charge is 0.374 e. The van der Waals surface area contributed by atoms with Crippen LogP contribution in [0.15, 0.2) is 60.7 Å². The van der Waals surface area contributed by atoms with Gasteiger partial charge in [0.2, 0.25) is 0 Å². The molecule has 31 heavy (non-hydrogen) atoms. The molecule has 1 aliphatic rings. The third-order valence-corrected chi connectivity index (χ3v) is 6.16. The Bertz CT molecular complexity index is 803. The Morgan fingerprint density at radius 3 is 2.23 bits per heavy atom. The van der Waals surface area contributed by atoms with Crippen molar-refractivity contribution in [2.24, 2.45) is 5.92 Å². The van der Waals surface area contributed by atoms with Crippen LogP contribution in [0.1, 0.15) is 44.2 Å². The van der Waals surface area contributed by atoms with E-state index in [1.807, 2.05) is 18.2 Å². The molecule has 1 heterocycles. The highest BCUT2D eigenvalue weighted by Crippen LogP contribution is 2.21. The molecule has 0 spiro atoms. The summed E-state index contributed by atoms with van der Waals surface area (Å²) in [6, 6.07) is 21.1. The first-order chi connectivity index (χ1) is 15.2. The number of nitrogens with zero attached hydrogens (tertiary/aromatic N) is 1. The van der Waals surface area contributed by atoms with Gasteiger partial charge in [0.25, 0.3) is 0 Å². The van der Waals surface area contributed by atoms with Crippen molar-refractivity contribution in [2.45, 2.75) is 51.7 Å². The van der Waals surface area contributed by atoms with Crippen LogP contribution in [0.3, 0.4) is 0 Å². The first-order valence-electron chi connectivity index (χ1n) is 11.7. The molecule has 0 saturated carbocycles. The van der Waals surface area contributed by atoms with Crippen LogP contribution in [-0.4, -0.2) is 43.3 Å². The third-order valence-electron chi connectivity index (χ3n) is 6.16. The molecule has 0 N–H and O–H groups in total. The van der Waals surface area contributed by atoms with Crippen LogP contribution in [0.5, 0.6) is 0 Å². The summed E-state index contributed by atoms with van der Waals surface area (Å²) in [5, 5.41) is 0. The summed E-state index contributed by atoms with van der Waals surface area (Å²) in [7, 11) is 0. The van der Waals surface area contributed by atoms with Crippen LogP contribution >= 0.6 is 0 Å². The normalized spacial score (nSPS) is 17.0. The number of piperidine rings is 1. The molecule has 1 aliphatic heterocycles. The molecular formula is C28H37NO2. The Hall–Kier alpha value is -2.12. The molecule has 0 aliphatic carbocycles. The van der Waals surface area contributed by atoms with Crippen molar-refractivity contribution in [3.63, 3.8) is 0 Å². The van der Waals surface area contributed by atoms with Crippen molar-refractivity contribution < 1.29 is 9.47 Å². The van der Waals surface area contributed by atoms with Gasteiger partial charge in [-0.2, -0.15) is 0 Å². The summed E-state index contributed by atoms with van der Waals surface area (Å²) in [6.07, 6.45) is 4.60. The van der Waals surface area contributed by atoms with E-state index in [9.17, 15) is 0 Å². The number of hydrogen-bond acceptors (Lipinski definition) is 3. The predicted molar refractivity (Wildman–Crippen MR) is 128 cm³/mol. The molecule has 1 saturated heterocycles. The Morgan fingerprint density at radius 2 is 1.58 bits per heavy atom. The van der Waals surface area contributed by atoms with E-state index in [1.165, 1.54) is 30.4 Å². The molecule has 0 bridgehead atoms. The van der Waals surface area contributed by atoms with Gasteiger partial charge in [0.15, 0.2) is 0 Å². The highest BCUT2D eigenvalue weighted by atomic mass is 16.5. The van der Waals surface area contributed by atoms with Crippen LogP contribution in [0, 0.1) is 17.8 Å². The lowest BCUT2D eigenvalue weighted by molar-refractivity contribution is -0.0281. The lowest BCUT2D eigenvalue weighted by Gasteiger charge is -2.31. The topological polar surface area (TPSA) is 21.7 Å². The van der Waals surface area contributed by atoms with Gasteiger partial charge in [0.05, 0.1) is 26.4 Å². The van der Waals surface area contributed by atoms with Crippen molar-refractivity contribution in [3.05, 3.63) is 71.8 Å². The minimum absolute atomic E-state index is 0.401. The summed E-state index contributed by atoms with van der Waals surface area (Å²) in [5.74, 6) is 7.57. The van der Waals surface area contributed by atoms with Crippen molar-refractivity contribution in [1.82, 2.24) is 4.90 Å². The summed E-state index contributed by atoms with van der Waals surface area (Å²) in [5.41, 5.74) is 2.25. The van der Waals surface area contributed by atoms with Gasteiger partial charge in [0, 0.05) is 0 Å². The van der Waals surface area contributed by atoms with E-state index < -0.39 is 5.60 Å². The molecule has 1 atom stereocenters. The summed E-state index contributed by atoms with van der Waals surface area (Å²) in [4.78, 5) is 2.48.